The molecule has 0 fully saturated rings. The topological polar surface area (TPSA) is 46.2 Å². The number of carbonyl (C=O) groups excluding carboxylic acids is 2. The molecule has 68 valence electrons. The number of carbonyl (C=O) groups is 2. The Labute approximate surface area is 72.8 Å². The fourth-order valence-corrected chi connectivity index (χ4v) is 0.890. The minimum atomic E-state index is -0.403. The average Bonchev–Trinajstić information content (AvgIpc) is 1.83. The van der Waals surface area contributed by atoms with Gasteiger partial charge in [-0.25, -0.2) is 0 Å². The molecule has 0 bridgehead atoms. The summed E-state index contributed by atoms with van der Waals surface area (Å²) in [5, 5.41) is 2.56. The molecule has 0 aromatic rings. The largest absolute Gasteiger partial charge is 0.346 e. The molecular weight excluding hydrogens is 154 g/mol. The zero-order valence-corrected chi connectivity index (χ0v) is 7.81. The van der Waals surface area contributed by atoms with Crippen LogP contribution in [0.5, 0.6) is 0 Å². The fraction of sp³-hybridized carbons (Fsp3) is 0.556. The molecule has 1 amide bonds. The second-order valence-corrected chi connectivity index (χ2v) is 3.02. The molecule has 1 N–H and O–H groups in total. The van der Waals surface area contributed by atoms with Crippen molar-refractivity contribution in [3.05, 3.63) is 12.2 Å². The van der Waals surface area contributed by atoms with E-state index in [-0.39, 0.29) is 11.7 Å². The molecule has 1 atom stereocenters. The first kappa shape index (κ1) is 10.9. The van der Waals surface area contributed by atoms with Gasteiger partial charge < -0.3 is 5.32 Å². The smallest absolute Gasteiger partial charge is 0.217 e. The lowest BCUT2D eigenvalue weighted by molar-refractivity contribution is -0.125. The highest BCUT2D eigenvalue weighted by molar-refractivity contribution is 5.86. The molecule has 0 aromatic carbocycles. The average molecular weight is 169 g/mol. The van der Waals surface area contributed by atoms with Crippen molar-refractivity contribution in [1.82, 2.24) is 5.32 Å². The third-order valence-electron chi connectivity index (χ3n) is 1.42. The maximum absolute atomic E-state index is 11.0. The van der Waals surface area contributed by atoms with Gasteiger partial charge in [0.15, 0.2) is 5.78 Å². The Morgan fingerprint density at radius 2 is 1.83 bits per heavy atom. The monoisotopic (exact) mass is 169 g/mol. The van der Waals surface area contributed by atoms with Gasteiger partial charge in [0, 0.05) is 6.92 Å². The zero-order valence-electron chi connectivity index (χ0n) is 7.81. The van der Waals surface area contributed by atoms with Crippen LogP contribution in [0.3, 0.4) is 0 Å². The molecule has 0 aliphatic rings. The van der Waals surface area contributed by atoms with E-state index in [1.807, 2.05) is 6.92 Å². The predicted molar refractivity (Wildman–Crippen MR) is 47.7 cm³/mol. The van der Waals surface area contributed by atoms with Gasteiger partial charge in [0.25, 0.3) is 0 Å². The standard InChI is InChI=1S/C9H15NO2/c1-6(2)5-9(7(3)11)10-8(4)12/h9H,1,5H2,2-4H3,(H,10,12). The quantitative estimate of drug-likeness (QED) is 0.639. The third kappa shape index (κ3) is 4.66. The molecule has 0 saturated carbocycles. The normalized spacial score (nSPS) is 11.9. The van der Waals surface area contributed by atoms with Crippen LogP contribution in [0.4, 0.5) is 0 Å². The molecular formula is C9H15NO2. The molecule has 0 rings (SSSR count). The van der Waals surface area contributed by atoms with E-state index in [1.54, 1.807) is 0 Å². The molecule has 0 aromatic heterocycles. The van der Waals surface area contributed by atoms with Gasteiger partial charge in [-0.2, -0.15) is 0 Å². The summed E-state index contributed by atoms with van der Waals surface area (Å²) in [5.41, 5.74) is 0.893. The van der Waals surface area contributed by atoms with Crippen molar-refractivity contribution in [2.45, 2.75) is 33.2 Å². The Kier molecular flexibility index (Phi) is 4.26. The second-order valence-electron chi connectivity index (χ2n) is 3.02. The Morgan fingerprint density at radius 3 is 2.08 bits per heavy atom. The summed E-state index contributed by atoms with van der Waals surface area (Å²) in [6.45, 7) is 8.37. The number of amides is 1. The zero-order chi connectivity index (χ0) is 9.72. The number of ketones is 1. The van der Waals surface area contributed by atoms with Crippen molar-refractivity contribution in [3.8, 4) is 0 Å². The number of rotatable bonds is 4. The van der Waals surface area contributed by atoms with E-state index >= 15 is 0 Å². The molecule has 0 heterocycles. The Bertz CT molecular complexity index is 193. The van der Waals surface area contributed by atoms with Gasteiger partial charge in [-0.3, -0.25) is 9.59 Å². The highest BCUT2D eigenvalue weighted by Crippen LogP contribution is 2.02. The predicted octanol–water partition coefficient (Wildman–Crippen LogP) is 1.05. The molecule has 0 spiro atoms. The lowest BCUT2D eigenvalue weighted by atomic mass is 10.1. The van der Waals surface area contributed by atoms with Crippen LogP contribution in [0.2, 0.25) is 0 Å². The van der Waals surface area contributed by atoms with E-state index in [0.717, 1.165) is 5.57 Å². The first-order chi connectivity index (χ1) is 5.43. The summed E-state index contributed by atoms with van der Waals surface area (Å²) in [6.07, 6.45) is 0.523. The van der Waals surface area contributed by atoms with Crippen LogP contribution in [0.15, 0.2) is 12.2 Å². The van der Waals surface area contributed by atoms with E-state index in [9.17, 15) is 9.59 Å². The summed E-state index contributed by atoms with van der Waals surface area (Å²) < 4.78 is 0. The highest BCUT2D eigenvalue weighted by atomic mass is 16.2. The van der Waals surface area contributed by atoms with Gasteiger partial charge in [-0.15, -0.1) is 6.58 Å². The molecule has 0 aliphatic carbocycles. The van der Waals surface area contributed by atoms with Crippen molar-refractivity contribution in [2.75, 3.05) is 0 Å². The van der Waals surface area contributed by atoms with Gasteiger partial charge in [0.05, 0.1) is 6.04 Å². The van der Waals surface area contributed by atoms with Crippen molar-refractivity contribution in [1.29, 1.82) is 0 Å². The highest BCUT2D eigenvalue weighted by Gasteiger charge is 2.14. The lowest BCUT2D eigenvalue weighted by Gasteiger charge is -2.13. The Hall–Kier alpha value is -1.12. The molecule has 0 radical (unpaired) electrons. The minimum Gasteiger partial charge on any atom is -0.346 e. The molecule has 12 heavy (non-hydrogen) atoms. The SMILES string of the molecule is C=C(C)CC(NC(C)=O)C(C)=O. The van der Waals surface area contributed by atoms with Crippen molar-refractivity contribution in [3.63, 3.8) is 0 Å². The fourth-order valence-electron chi connectivity index (χ4n) is 0.890. The van der Waals surface area contributed by atoms with E-state index in [4.69, 9.17) is 0 Å². The van der Waals surface area contributed by atoms with Gasteiger partial charge in [-0.1, -0.05) is 5.57 Å². The Morgan fingerprint density at radius 1 is 1.33 bits per heavy atom. The van der Waals surface area contributed by atoms with E-state index < -0.39 is 6.04 Å². The molecule has 3 heteroatoms. The summed E-state index contributed by atoms with van der Waals surface area (Å²) in [5.74, 6) is -0.218. The lowest BCUT2D eigenvalue weighted by Crippen LogP contribution is -2.38. The number of hydrogen-bond donors (Lipinski definition) is 1. The minimum absolute atomic E-state index is 0.0341. The first-order valence-corrected chi connectivity index (χ1v) is 3.85. The Balaban J connectivity index is 4.14. The van der Waals surface area contributed by atoms with Gasteiger partial charge >= 0.3 is 0 Å². The van der Waals surface area contributed by atoms with E-state index in [0.29, 0.717) is 6.42 Å². The van der Waals surface area contributed by atoms with Crippen LogP contribution in [0.25, 0.3) is 0 Å². The maximum Gasteiger partial charge on any atom is 0.217 e. The van der Waals surface area contributed by atoms with Gasteiger partial charge in [0.1, 0.15) is 0 Å². The summed E-state index contributed by atoms with van der Waals surface area (Å²) in [7, 11) is 0. The van der Waals surface area contributed by atoms with Crippen molar-refractivity contribution >= 4 is 11.7 Å². The maximum atomic E-state index is 11.0. The number of nitrogens with one attached hydrogen (secondary N) is 1. The summed E-state index contributed by atoms with van der Waals surface area (Å²) >= 11 is 0. The van der Waals surface area contributed by atoms with Crippen LogP contribution in [-0.2, 0) is 9.59 Å². The van der Waals surface area contributed by atoms with Crippen LogP contribution in [-0.4, -0.2) is 17.7 Å². The van der Waals surface area contributed by atoms with Crippen molar-refractivity contribution in [2.24, 2.45) is 0 Å². The van der Waals surface area contributed by atoms with Crippen LogP contribution >= 0.6 is 0 Å². The van der Waals surface area contributed by atoms with Gasteiger partial charge in [-0.05, 0) is 20.3 Å². The number of Topliss-reactive ketones (excluding diaryl/α,β-unsaturated/α-hetero) is 1. The number of hydrogen-bond acceptors (Lipinski definition) is 2. The van der Waals surface area contributed by atoms with E-state index in [1.165, 1.54) is 13.8 Å². The molecule has 1 unspecified atom stereocenters. The first-order valence-electron chi connectivity index (χ1n) is 3.85. The molecule has 0 aliphatic heterocycles. The van der Waals surface area contributed by atoms with E-state index in [2.05, 4.69) is 11.9 Å². The van der Waals surface area contributed by atoms with Crippen LogP contribution in [0, 0.1) is 0 Å². The van der Waals surface area contributed by atoms with Gasteiger partial charge in [0.2, 0.25) is 5.91 Å². The van der Waals surface area contributed by atoms with Crippen LogP contribution < -0.4 is 5.32 Å². The molecule has 0 saturated heterocycles. The van der Waals surface area contributed by atoms with Crippen LogP contribution in [0.1, 0.15) is 27.2 Å². The molecule has 3 nitrogen and oxygen atoms in total. The van der Waals surface area contributed by atoms with Crippen molar-refractivity contribution < 1.29 is 9.59 Å². The third-order valence-corrected chi connectivity index (χ3v) is 1.42. The summed E-state index contributed by atoms with van der Waals surface area (Å²) in [6, 6.07) is -0.403. The second kappa shape index (κ2) is 4.70. The summed E-state index contributed by atoms with van der Waals surface area (Å²) in [4.78, 5) is 21.6.